The van der Waals surface area contributed by atoms with Crippen molar-refractivity contribution >= 4 is 21.8 Å². The molecule has 8 heteroatoms. The third-order valence-electron chi connectivity index (χ3n) is 2.71. The lowest BCUT2D eigenvalue weighted by atomic mass is 10.2. The molecule has 2 aromatic rings. The Bertz CT molecular complexity index is 685. The molecule has 0 radical (unpaired) electrons. The highest BCUT2D eigenvalue weighted by atomic mass is 79.9. The maximum absolute atomic E-state index is 11.7. The smallest absolute Gasteiger partial charge is 0.267 e. The van der Waals surface area contributed by atoms with Crippen LogP contribution in [0, 0.1) is 0 Å². The van der Waals surface area contributed by atoms with E-state index in [0.29, 0.717) is 28.9 Å². The molecule has 0 saturated heterocycles. The Morgan fingerprint density at radius 2 is 2.10 bits per heavy atom. The molecule has 0 saturated carbocycles. The Balaban J connectivity index is 1.93. The maximum Gasteiger partial charge on any atom is 0.267 e. The molecule has 110 valence electrons. The van der Waals surface area contributed by atoms with Gasteiger partial charge in [0, 0.05) is 11.8 Å². The summed E-state index contributed by atoms with van der Waals surface area (Å²) >= 11 is 3.13. The number of nitrogens with zero attached hydrogens (tertiary/aromatic N) is 2. The first-order valence-electron chi connectivity index (χ1n) is 6.05. The second-order valence-electron chi connectivity index (χ2n) is 4.09. The Kier molecular flexibility index (Phi) is 5.07. The molecule has 1 aromatic heterocycles. The average Bonchev–Trinajstić information content (AvgIpc) is 2.51. The van der Waals surface area contributed by atoms with Crippen LogP contribution >= 0.6 is 15.9 Å². The van der Waals surface area contributed by atoms with Gasteiger partial charge in [0.15, 0.2) is 0 Å². The number of hydrogen-bond donors (Lipinski definition) is 2. The third kappa shape index (κ3) is 3.89. The average molecular weight is 353 g/mol. The lowest BCUT2D eigenvalue weighted by Gasteiger charge is -2.08. The van der Waals surface area contributed by atoms with Gasteiger partial charge in [-0.1, -0.05) is 0 Å². The molecule has 0 aliphatic rings. The van der Waals surface area contributed by atoms with E-state index in [1.807, 2.05) is 5.43 Å². The number of amides is 1. The number of aromatic nitrogens is 2. The summed E-state index contributed by atoms with van der Waals surface area (Å²) < 4.78 is 7.36. The van der Waals surface area contributed by atoms with Crippen molar-refractivity contribution in [2.24, 2.45) is 5.84 Å². The second kappa shape index (κ2) is 7.00. The molecular formula is C13H13BrN4O3. The largest absolute Gasteiger partial charge is 0.492 e. The minimum absolute atomic E-state index is 0.163. The van der Waals surface area contributed by atoms with E-state index in [4.69, 9.17) is 10.6 Å². The number of nitrogen functional groups attached to an aromatic ring is 1. The predicted octanol–water partition coefficient (Wildman–Crippen LogP) is 0.688. The predicted molar refractivity (Wildman–Crippen MR) is 79.8 cm³/mol. The number of benzene rings is 1. The topological polar surface area (TPSA) is 99.2 Å². The Hall–Kier alpha value is -2.19. The van der Waals surface area contributed by atoms with Crippen LogP contribution in [0.25, 0.3) is 0 Å². The van der Waals surface area contributed by atoms with Gasteiger partial charge in [-0.3, -0.25) is 19.6 Å². The summed E-state index contributed by atoms with van der Waals surface area (Å²) in [5.74, 6) is 5.27. The molecule has 0 aliphatic heterocycles. The van der Waals surface area contributed by atoms with Gasteiger partial charge in [-0.2, -0.15) is 0 Å². The number of ether oxygens (including phenoxy) is 1. The van der Waals surface area contributed by atoms with Crippen LogP contribution in [0.5, 0.6) is 5.75 Å². The van der Waals surface area contributed by atoms with Gasteiger partial charge in [0.2, 0.25) is 0 Å². The summed E-state index contributed by atoms with van der Waals surface area (Å²) in [6.45, 7) is 0.677. The molecule has 0 aliphatic carbocycles. The number of nitrogens with two attached hydrogens (primary N) is 1. The molecule has 21 heavy (non-hydrogen) atoms. The van der Waals surface area contributed by atoms with Gasteiger partial charge in [-0.05, 0) is 40.2 Å². The molecule has 0 spiro atoms. The van der Waals surface area contributed by atoms with E-state index in [0.717, 1.165) is 0 Å². The van der Waals surface area contributed by atoms with Gasteiger partial charge in [-0.25, -0.2) is 10.8 Å². The summed E-state index contributed by atoms with van der Waals surface area (Å²) in [5, 5.41) is 0. The van der Waals surface area contributed by atoms with Crippen molar-refractivity contribution in [2.45, 2.75) is 6.54 Å². The van der Waals surface area contributed by atoms with Crippen molar-refractivity contribution in [3.63, 3.8) is 0 Å². The van der Waals surface area contributed by atoms with Crippen molar-refractivity contribution in [3.05, 3.63) is 57.2 Å². The first-order valence-corrected chi connectivity index (χ1v) is 6.85. The molecule has 3 N–H and O–H groups in total. The maximum atomic E-state index is 11.7. The van der Waals surface area contributed by atoms with Crippen LogP contribution in [0.1, 0.15) is 10.4 Å². The molecule has 7 nitrogen and oxygen atoms in total. The van der Waals surface area contributed by atoms with Crippen LogP contribution in [-0.4, -0.2) is 22.1 Å². The molecular weight excluding hydrogens is 340 g/mol. The highest BCUT2D eigenvalue weighted by Gasteiger charge is 2.04. The van der Waals surface area contributed by atoms with Gasteiger partial charge in [0.1, 0.15) is 16.8 Å². The number of hydrazine groups is 1. The molecule has 1 amide bonds. The van der Waals surface area contributed by atoms with E-state index >= 15 is 0 Å². The zero-order valence-corrected chi connectivity index (χ0v) is 12.5. The first-order chi connectivity index (χ1) is 10.1. The summed E-state index contributed by atoms with van der Waals surface area (Å²) in [5.41, 5.74) is 2.33. The van der Waals surface area contributed by atoms with Crippen molar-refractivity contribution in [2.75, 3.05) is 6.61 Å². The number of nitrogens with one attached hydrogen (secondary N) is 1. The fraction of sp³-hybridized carbons (Fsp3) is 0.154. The Labute approximate surface area is 128 Å². The van der Waals surface area contributed by atoms with Crippen LogP contribution in [-0.2, 0) is 6.54 Å². The van der Waals surface area contributed by atoms with Crippen molar-refractivity contribution in [3.8, 4) is 5.75 Å². The molecule has 0 fully saturated rings. The summed E-state index contributed by atoms with van der Waals surface area (Å²) in [6, 6.07) is 6.52. The quantitative estimate of drug-likeness (QED) is 0.468. The van der Waals surface area contributed by atoms with Gasteiger partial charge < -0.3 is 4.74 Å². The molecule has 0 bridgehead atoms. The van der Waals surface area contributed by atoms with Crippen LogP contribution in [0.4, 0.5) is 0 Å². The molecule has 1 heterocycles. The number of halogens is 1. The standard InChI is InChI=1S/C13H13BrN4O3/c14-11-7-16-8-18(13(11)20)5-6-21-10-3-1-9(2-4-10)12(19)17-15/h1-4,7-8H,5-6,15H2,(H,17,19). The zero-order chi connectivity index (χ0) is 15.2. The van der Waals surface area contributed by atoms with E-state index < -0.39 is 0 Å². The number of hydrogen-bond acceptors (Lipinski definition) is 5. The number of carbonyl (C=O) groups excluding carboxylic acids is 1. The van der Waals surface area contributed by atoms with Gasteiger partial charge in [0.05, 0.1) is 12.9 Å². The summed E-state index contributed by atoms with van der Waals surface area (Å²) in [6.07, 6.45) is 2.89. The van der Waals surface area contributed by atoms with E-state index in [2.05, 4.69) is 20.9 Å². The van der Waals surface area contributed by atoms with Crippen LogP contribution in [0.2, 0.25) is 0 Å². The fourth-order valence-electron chi connectivity index (χ4n) is 1.63. The van der Waals surface area contributed by atoms with E-state index in [9.17, 15) is 9.59 Å². The van der Waals surface area contributed by atoms with Gasteiger partial charge in [0.25, 0.3) is 11.5 Å². The fourth-order valence-corrected chi connectivity index (χ4v) is 1.98. The monoisotopic (exact) mass is 352 g/mol. The lowest BCUT2D eigenvalue weighted by molar-refractivity contribution is 0.0953. The van der Waals surface area contributed by atoms with Crippen LogP contribution in [0.15, 0.2) is 46.1 Å². The van der Waals surface area contributed by atoms with Gasteiger partial charge >= 0.3 is 0 Å². The van der Waals surface area contributed by atoms with E-state index in [1.54, 1.807) is 24.3 Å². The van der Waals surface area contributed by atoms with E-state index in [1.165, 1.54) is 17.1 Å². The third-order valence-corrected chi connectivity index (χ3v) is 3.25. The Morgan fingerprint density at radius 3 is 2.76 bits per heavy atom. The van der Waals surface area contributed by atoms with Crippen LogP contribution in [0.3, 0.4) is 0 Å². The molecule has 1 aromatic carbocycles. The normalized spacial score (nSPS) is 10.2. The summed E-state index contributed by atoms with van der Waals surface area (Å²) in [4.78, 5) is 26.9. The Morgan fingerprint density at radius 1 is 1.38 bits per heavy atom. The second-order valence-corrected chi connectivity index (χ2v) is 4.94. The van der Waals surface area contributed by atoms with Gasteiger partial charge in [-0.15, -0.1) is 0 Å². The highest BCUT2D eigenvalue weighted by Crippen LogP contribution is 2.12. The zero-order valence-electron chi connectivity index (χ0n) is 11.0. The number of carbonyl (C=O) groups is 1. The van der Waals surface area contributed by atoms with Crippen molar-refractivity contribution < 1.29 is 9.53 Å². The molecule has 0 unspecified atom stereocenters. The SMILES string of the molecule is NNC(=O)c1ccc(OCCn2cncc(Br)c2=O)cc1. The molecule has 2 rings (SSSR count). The molecule has 0 atom stereocenters. The number of rotatable bonds is 5. The van der Waals surface area contributed by atoms with Crippen molar-refractivity contribution in [1.82, 2.24) is 15.0 Å². The first kappa shape index (κ1) is 15.2. The minimum atomic E-state index is -0.367. The van der Waals surface area contributed by atoms with Crippen molar-refractivity contribution in [1.29, 1.82) is 0 Å². The highest BCUT2D eigenvalue weighted by molar-refractivity contribution is 9.10. The summed E-state index contributed by atoms with van der Waals surface area (Å²) in [7, 11) is 0. The lowest BCUT2D eigenvalue weighted by Crippen LogP contribution is -2.29. The van der Waals surface area contributed by atoms with Crippen LogP contribution < -0.4 is 21.6 Å². The van der Waals surface area contributed by atoms with E-state index in [-0.39, 0.29) is 11.5 Å². The minimum Gasteiger partial charge on any atom is -0.492 e.